The third-order valence-electron chi connectivity index (χ3n) is 2.40. The number of halogens is 1. The highest BCUT2D eigenvalue weighted by Crippen LogP contribution is 2.06. The first-order valence-electron chi connectivity index (χ1n) is 5.63. The Morgan fingerprint density at radius 3 is 2.40 bits per heavy atom. The molecular weight excluding hydrogens is 297 g/mol. The Labute approximate surface area is 107 Å². The van der Waals surface area contributed by atoms with Crippen molar-refractivity contribution in [2.24, 2.45) is 5.92 Å². The fourth-order valence-corrected chi connectivity index (χ4v) is 1.76. The zero-order valence-corrected chi connectivity index (χ0v) is 11.8. The molecule has 0 fully saturated rings. The highest BCUT2D eigenvalue weighted by atomic mass is 127. The van der Waals surface area contributed by atoms with Gasteiger partial charge in [-0.2, -0.15) is 0 Å². The molecule has 1 aromatic rings. The first-order chi connectivity index (χ1) is 7.18. The molecule has 0 unspecified atom stereocenters. The SMILES string of the molecule is CC(C)CCNCCc1ccc(I)cc1. The molecule has 0 heterocycles. The largest absolute Gasteiger partial charge is 0.316 e. The van der Waals surface area contributed by atoms with Gasteiger partial charge in [-0.3, -0.25) is 0 Å². The summed E-state index contributed by atoms with van der Waals surface area (Å²) in [7, 11) is 0. The minimum Gasteiger partial charge on any atom is -0.316 e. The Kier molecular flexibility index (Phi) is 6.25. The third kappa shape index (κ3) is 6.15. The zero-order chi connectivity index (χ0) is 11.1. The normalized spacial score (nSPS) is 10.9. The van der Waals surface area contributed by atoms with E-state index in [1.165, 1.54) is 15.6 Å². The van der Waals surface area contributed by atoms with E-state index >= 15 is 0 Å². The van der Waals surface area contributed by atoms with E-state index in [4.69, 9.17) is 0 Å². The lowest BCUT2D eigenvalue weighted by Gasteiger charge is -2.06. The molecule has 0 saturated heterocycles. The number of rotatable bonds is 6. The Morgan fingerprint density at radius 1 is 1.13 bits per heavy atom. The quantitative estimate of drug-likeness (QED) is 0.626. The summed E-state index contributed by atoms with van der Waals surface area (Å²) in [5.74, 6) is 0.802. The Bertz CT molecular complexity index is 266. The predicted molar refractivity (Wildman–Crippen MR) is 75.2 cm³/mol. The molecular formula is C13H20IN. The van der Waals surface area contributed by atoms with Gasteiger partial charge in [0.15, 0.2) is 0 Å². The maximum absolute atomic E-state index is 3.48. The van der Waals surface area contributed by atoms with Crippen LogP contribution in [0.25, 0.3) is 0 Å². The highest BCUT2D eigenvalue weighted by molar-refractivity contribution is 14.1. The van der Waals surface area contributed by atoms with Crippen molar-refractivity contribution >= 4 is 22.6 Å². The van der Waals surface area contributed by atoms with Crippen LogP contribution in [-0.2, 0) is 6.42 Å². The molecule has 0 bridgehead atoms. The van der Waals surface area contributed by atoms with Crippen molar-refractivity contribution in [2.75, 3.05) is 13.1 Å². The van der Waals surface area contributed by atoms with Crippen LogP contribution < -0.4 is 5.32 Å². The van der Waals surface area contributed by atoms with Crippen LogP contribution in [0.4, 0.5) is 0 Å². The van der Waals surface area contributed by atoms with E-state index in [9.17, 15) is 0 Å². The zero-order valence-electron chi connectivity index (χ0n) is 9.59. The summed E-state index contributed by atoms with van der Waals surface area (Å²) in [4.78, 5) is 0. The van der Waals surface area contributed by atoms with Crippen LogP contribution in [-0.4, -0.2) is 13.1 Å². The maximum atomic E-state index is 3.48. The van der Waals surface area contributed by atoms with E-state index < -0.39 is 0 Å². The molecule has 0 aliphatic heterocycles. The second kappa shape index (κ2) is 7.23. The average molecular weight is 317 g/mol. The molecule has 0 saturated carbocycles. The molecule has 0 radical (unpaired) electrons. The Hall–Kier alpha value is -0.0900. The van der Waals surface area contributed by atoms with Crippen molar-refractivity contribution in [3.8, 4) is 0 Å². The maximum Gasteiger partial charge on any atom is 0.0130 e. The van der Waals surface area contributed by atoms with Crippen LogP contribution in [0.1, 0.15) is 25.8 Å². The van der Waals surface area contributed by atoms with Crippen molar-refractivity contribution < 1.29 is 0 Å². The molecule has 0 amide bonds. The van der Waals surface area contributed by atoms with Gasteiger partial charge < -0.3 is 5.32 Å². The molecule has 1 rings (SSSR count). The van der Waals surface area contributed by atoms with Crippen molar-refractivity contribution in [3.63, 3.8) is 0 Å². The lowest BCUT2D eigenvalue weighted by Crippen LogP contribution is -2.19. The molecule has 0 atom stereocenters. The van der Waals surface area contributed by atoms with Crippen LogP contribution in [0.2, 0.25) is 0 Å². The van der Waals surface area contributed by atoms with Crippen LogP contribution in [0.3, 0.4) is 0 Å². The Morgan fingerprint density at radius 2 is 1.80 bits per heavy atom. The van der Waals surface area contributed by atoms with E-state index in [1.54, 1.807) is 0 Å². The summed E-state index contributed by atoms with van der Waals surface area (Å²) in [6.07, 6.45) is 2.40. The van der Waals surface area contributed by atoms with Gasteiger partial charge in [0.05, 0.1) is 0 Å². The molecule has 0 spiro atoms. The molecule has 0 aliphatic rings. The minimum absolute atomic E-state index is 0.802. The van der Waals surface area contributed by atoms with Gasteiger partial charge >= 0.3 is 0 Å². The van der Waals surface area contributed by atoms with Gasteiger partial charge in [0.2, 0.25) is 0 Å². The summed E-state index contributed by atoms with van der Waals surface area (Å²) in [5.41, 5.74) is 1.42. The first-order valence-corrected chi connectivity index (χ1v) is 6.71. The van der Waals surface area contributed by atoms with Gasteiger partial charge in [-0.15, -0.1) is 0 Å². The Balaban J connectivity index is 2.12. The van der Waals surface area contributed by atoms with Gasteiger partial charge in [0.1, 0.15) is 0 Å². The van der Waals surface area contributed by atoms with E-state index in [2.05, 4.69) is 66.0 Å². The van der Waals surface area contributed by atoms with Gasteiger partial charge in [0.25, 0.3) is 0 Å². The summed E-state index contributed by atoms with van der Waals surface area (Å²) >= 11 is 2.34. The van der Waals surface area contributed by atoms with Gasteiger partial charge in [-0.1, -0.05) is 26.0 Å². The molecule has 2 heteroatoms. The lowest BCUT2D eigenvalue weighted by molar-refractivity contribution is 0.539. The number of hydrogen-bond acceptors (Lipinski definition) is 1. The van der Waals surface area contributed by atoms with Crippen LogP contribution in [0.5, 0.6) is 0 Å². The molecule has 0 aromatic heterocycles. The van der Waals surface area contributed by atoms with Crippen LogP contribution in [0.15, 0.2) is 24.3 Å². The van der Waals surface area contributed by atoms with Crippen molar-refractivity contribution in [2.45, 2.75) is 26.7 Å². The second-order valence-corrected chi connectivity index (χ2v) is 5.55. The molecule has 84 valence electrons. The molecule has 1 aromatic carbocycles. The smallest absolute Gasteiger partial charge is 0.0130 e. The standard InChI is InChI=1S/C13H20IN/c1-11(2)7-9-15-10-8-12-3-5-13(14)6-4-12/h3-6,11,15H,7-10H2,1-2H3. The van der Waals surface area contributed by atoms with E-state index in [-0.39, 0.29) is 0 Å². The third-order valence-corrected chi connectivity index (χ3v) is 3.12. The number of nitrogens with one attached hydrogen (secondary N) is 1. The molecule has 1 N–H and O–H groups in total. The molecule has 15 heavy (non-hydrogen) atoms. The van der Waals surface area contributed by atoms with E-state index in [1.807, 2.05) is 0 Å². The summed E-state index contributed by atoms with van der Waals surface area (Å²) < 4.78 is 1.31. The second-order valence-electron chi connectivity index (χ2n) is 4.31. The number of benzene rings is 1. The summed E-state index contributed by atoms with van der Waals surface area (Å²) in [6, 6.07) is 8.77. The fourth-order valence-electron chi connectivity index (χ4n) is 1.40. The van der Waals surface area contributed by atoms with E-state index in [0.717, 1.165) is 25.4 Å². The predicted octanol–water partition coefficient (Wildman–Crippen LogP) is 3.47. The lowest BCUT2D eigenvalue weighted by atomic mass is 10.1. The van der Waals surface area contributed by atoms with Gasteiger partial charge in [-0.05, 0) is 72.1 Å². The highest BCUT2D eigenvalue weighted by Gasteiger charge is 1.95. The fraction of sp³-hybridized carbons (Fsp3) is 0.538. The van der Waals surface area contributed by atoms with Crippen LogP contribution >= 0.6 is 22.6 Å². The van der Waals surface area contributed by atoms with Gasteiger partial charge in [0, 0.05) is 3.57 Å². The van der Waals surface area contributed by atoms with Crippen molar-refractivity contribution in [3.05, 3.63) is 33.4 Å². The number of hydrogen-bond donors (Lipinski definition) is 1. The van der Waals surface area contributed by atoms with Crippen molar-refractivity contribution in [1.29, 1.82) is 0 Å². The molecule has 1 nitrogen and oxygen atoms in total. The van der Waals surface area contributed by atoms with E-state index in [0.29, 0.717) is 0 Å². The summed E-state index contributed by atoms with van der Waals surface area (Å²) in [5, 5.41) is 3.48. The summed E-state index contributed by atoms with van der Waals surface area (Å²) in [6.45, 7) is 6.76. The average Bonchev–Trinajstić information content (AvgIpc) is 2.20. The molecule has 0 aliphatic carbocycles. The first kappa shape index (κ1) is 13.0. The monoisotopic (exact) mass is 317 g/mol. The van der Waals surface area contributed by atoms with Crippen LogP contribution in [0, 0.1) is 9.49 Å². The van der Waals surface area contributed by atoms with Gasteiger partial charge in [-0.25, -0.2) is 0 Å². The topological polar surface area (TPSA) is 12.0 Å². The van der Waals surface area contributed by atoms with Crippen molar-refractivity contribution in [1.82, 2.24) is 5.32 Å². The minimum atomic E-state index is 0.802.